The van der Waals surface area contributed by atoms with Crippen LogP contribution in [0, 0.1) is 19.3 Å². The van der Waals surface area contributed by atoms with E-state index in [1.54, 1.807) is 60.6 Å². The number of alkyl halides is 3. The quantitative estimate of drug-likeness (QED) is 0.220. The molecule has 1 fully saturated rings. The summed E-state index contributed by atoms with van der Waals surface area (Å²) >= 11 is 0. The van der Waals surface area contributed by atoms with Crippen molar-refractivity contribution in [2.75, 3.05) is 25.1 Å². The van der Waals surface area contributed by atoms with E-state index < -0.39 is 62.5 Å². The van der Waals surface area contributed by atoms with E-state index in [2.05, 4.69) is 15.5 Å². The molecular formula is C37H43F3N6O7S. The van der Waals surface area contributed by atoms with Crippen molar-refractivity contribution >= 4 is 27.5 Å². The van der Waals surface area contributed by atoms with Crippen LogP contribution in [0.5, 0.6) is 5.88 Å². The van der Waals surface area contributed by atoms with Crippen molar-refractivity contribution in [1.82, 2.24) is 23.9 Å². The molecule has 290 valence electrons. The maximum atomic E-state index is 14.6. The predicted octanol–water partition coefficient (Wildman–Crippen LogP) is 5.41. The lowest BCUT2D eigenvalue weighted by Crippen LogP contribution is -2.53. The third-order valence-corrected chi connectivity index (χ3v) is 13.2. The minimum atomic E-state index is -4.76. The van der Waals surface area contributed by atoms with E-state index in [1.165, 1.54) is 22.6 Å². The van der Waals surface area contributed by atoms with E-state index in [9.17, 15) is 36.6 Å². The summed E-state index contributed by atoms with van der Waals surface area (Å²) in [7, 11) is -4.21. The number of rotatable bonds is 7. The van der Waals surface area contributed by atoms with Gasteiger partial charge in [-0.2, -0.15) is 22.5 Å². The predicted molar refractivity (Wildman–Crippen MR) is 190 cm³/mol. The second kappa shape index (κ2) is 12.6. The van der Waals surface area contributed by atoms with E-state index in [-0.39, 0.29) is 36.1 Å². The lowest BCUT2D eigenvalue weighted by atomic mass is 9.69. The van der Waals surface area contributed by atoms with Gasteiger partial charge in [0.1, 0.15) is 16.3 Å². The molecule has 0 saturated carbocycles. The Kier molecular flexibility index (Phi) is 8.87. The van der Waals surface area contributed by atoms with Gasteiger partial charge in [-0.05, 0) is 94.0 Å². The molecule has 7 rings (SSSR count). The summed E-state index contributed by atoms with van der Waals surface area (Å²) in [5, 5.41) is 31.5. The Morgan fingerprint density at radius 1 is 1.11 bits per heavy atom. The minimum absolute atomic E-state index is 0.000138. The molecule has 5 atom stereocenters. The summed E-state index contributed by atoms with van der Waals surface area (Å²) in [4.78, 5) is 17.5. The average molecular weight is 773 g/mol. The number of sulfonamides is 1. The molecule has 4 aromatic rings. The van der Waals surface area contributed by atoms with Crippen molar-refractivity contribution in [3.63, 3.8) is 0 Å². The molecule has 1 aromatic carbocycles. The van der Waals surface area contributed by atoms with E-state index in [1.807, 2.05) is 6.07 Å². The summed E-state index contributed by atoms with van der Waals surface area (Å²) in [5.74, 6) is -3.34. The third kappa shape index (κ3) is 6.08. The van der Waals surface area contributed by atoms with Gasteiger partial charge in [0.25, 0.3) is 0 Å². The highest BCUT2D eigenvalue weighted by molar-refractivity contribution is 7.89. The van der Waals surface area contributed by atoms with E-state index in [0.29, 0.717) is 46.7 Å². The molecule has 1 spiro atoms. The number of anilines is 1. The second-order valence-electron chi connectivity index (χ2n) is 15.8. The smallest absolute Gasteiger partial charge is 0.452 e. The van der Waals surface area contributed by atoms with Crippen molar-refractivity contribution in [3.8, 4) is 5.88 Å². The highest BCUT2D eigenvalue weighted by Gasteiger charge is 2.54. The maximum Gasteiger partial charge on any atom is 0.452 e. The normalized spacial score (nSPS) is 23.5. The lowest BCUT2D eigenvalue weighted by Gasteiger charge is -2.43. The van der Waals surface area contributed by atoms with Crippen molar-refractivity contribution < 1.29 is 46.1 Å². The summed E-state index contributed by atoms with van der Waals surface area (Å²) in [6.45, 7) is 12.0. The monoisotopic (exact) mass is 772 g/mol. The Balaban J connectivity index is 1.37. The van der Waals surface area contributed by atoms with Crippen LogP contribution in [-0.2, 0) is 32.3 Å². The number of halogens is 3. The topological polar surface area (TPSA) is 168 Å². The number of nitrogens with one attached hydrogen (secondary N) is 1. The number of carbonyl (C=O) groups is 1. The molecule has 3 aromatic heterocycles. The van der Waals surface area contributed by atoms with Crippen LogP contribution in [0.15, 0.2) is 41.4 Å². The number of carboxylic acids is 1. The van der Waals surface area contributed by atoms with Crippen LogP contribution in [0.3, 0.4) is 0 Å². The van der Waals surface area contributed by atoms with Crippen molar-refractivity contribution in [3.05, 3.63) is 75.7 Å². The molecule has 54 heavy (non-hydrogen) atoms. The van der Waals surface area contributed by atoms with Gasteiger partial charge in [0.05, 0.1) is 36.8 Å². The molecule has 3 N–H and O–H groups in total. The Bertz CT molecular complexity index is 2290. The number of pyridine rings is 2. The average Bonchev–Trinajstić information content (AvgIpc) is 3.43. The first-order chi connectivity index (χ1) is 25.1. The molecule has 3 aliphatic rings. The molecule has 6 heterocycles. The first-order valence-electron chi connectivity index (χ1n) is 17.6. The van der Waals surface area contributed by atoms with Gasteiger partial charge in [0.15, 0.2) is 5.65 Å². The number of hydrogen-bond donors (Lipinski definition) is 3. The van der Waals surface area contributed by atoms with Crippen LogP contribution < -0.4 is 10.1 Å². The van der Waals surface area contributed by atoms with Crippen LogP contribution in [0.4, 0.5) is 19.0 Å². The van der Waals surface area contributed by atoms with Gasteiger partial charge in [-0.15, -0.1) is 10.2 Å². The number of aryl methyl sites for hydroxylation is 2. The molecule has 3 unspecified atom stereocenters. The Morgan fingerprint density at radius 3 is 2.50 bits per heavy atom. The number of hydrogen-bond acceptors (Lipinski definition) is 10. The molecule has 3 aliphatic heterocycles. The van der Waals surface area contributed by atoms with Gasteiger partial charge in [0.2, 0.25) is 21.7 Å². The van der Waals surface area contributed by atoms with Crippen LogP contribution in [0.1, 0.15) is 92.1 Å². The van der Waals surface area contributed by atoms with Crippen molar-refractivity contribution in [2.45, 2.75) is 102 Å². The number of aliphatic hydroxyl groups is 1. The summed E-state index contributed by atoms with van der Waals surface area (Å²) in [6.07, 6.45) is -3.21. The zero-order valence-electron chi connectivity index (χ0n) is 30.9. The Hall–Kier alpha value is -4.32. The highest BCUT2D eigenvalue weighted by Crippen LogP contribution is 2.50. The maximum absolute atomic E-state index is 14.6. The van der Waals surface area contributed by atoms with E-state index in [0.717, 1.165) is 9.96 Å². The Morgan fingerprint density at radius 2 is 1.83 bits per heavy atom. The Labute approximate surface area is 310 Å². The van der Waals surface area contributed by atoms with Crippen LogP contribution in [0.2, 0.25) is 0 Å². The fourth-order valence-electron chi connectivity index (χ4n) is 7.89. The molecule has 1 saturated heterocycles. The first kappa shape index (κ1) is 38.0. The second-order valence-corrected chi connectivity index (χ2v) is 17.7. The van der Waals surface area contributed by atoms with Gasteiger partial charge in [-0.3, -0.25) is 9.20 Å². The van der Waals surface area contributed by atoms with Gasteiger partial charge in [0, 0.05) is 31.0 Å². The van der Waals surface area contributed by atoms with Crippen molar-refractivity contribution in [2.24, 2.45) is 5.41 Å². The molecule has 0 amide bonds. The molecule has 13 nitrogen and oxygen atoms in total. The largest absolute Gasteiger partial charge is 0.481 e. The SMILES string of the molecule is Cc1cc2c(nc1N[C@H](C)C(C)(C)O)OC13CCOCC1c1ccc([C@H](c4ccn5c(C(F)(F)F)nnc5c4C)C(C)(C)C(=O)O)cc1CN(C3)S2(=O)=O. The standard InChI is InChI=1S/C37H43F3N6O7S/c1-19-14-27-31(42-29(19)41-21(3)35(6,7)49)53-36-11-13-52-17-26(36)25-9-8-22(15-23(25)16-45(18-36)54(27,50)51)28(34(4,5)33(47)48)24-10-12-46-30(20(24)2)43-44-32(46)37(38,39)40/h8-10,12,14-15,21,26,28,49H,11,13,16-18H2,1-7H3,(H,41,42)(H,47,48)/t21-,26?,28-,36?/m1/s1. The summed E-state index contributed by atoms with van der Waals surface area (Å²) in [5.41, 5.74) is -0.495. The van der Waals surface area contributed by atoms with Gasteiger partial charge in [-0.25, -0.2) is 8.42 Å². The van der Waals surface area contributed by atoms with Gasteiger partial charge in [-0.1, -0.05) is 18.2 Å². The number of nitrogens with zero attached hydrogens (tertiary/aromatic N) is 5. The number of carboxylic acid groups (broad SMARTS) is 1. The molecular weight excluding hydrogens is 730 g/mol. The van der Waals surface area contributed by atoms with Crippen LogP contribution in [-0.4, -0.2) is 85.5 Å². The number of ether oxygens (including phenoxy) is 2. The van der Waals surface area contributed by atoms with E-state index in [4.69, 9.17) is 14.5 Å². The minimum Gasteiger partial charge on any atom is -0.481 e. The summed E-state index contributed by atoms with van der Waals surface area (Å²) in [6, 6.07) is 7.98. The zero-order chi connectivity index (χ0) is 39.3. The molecule has 0 radical (unpaired) electrons. The lowest BCUT2D eigenvalue weighted by molar-refractivity contribution is -0.147. The van der Waals surface area contributed by atoms with Gasteiger partial charge >= 0.3 is 12.1 Å². The molecule has 17 heteroatoms. The number of benzene rings is 1. The fraction of sp³-hybridized carbons (Fsp3) is 0.514. The fourth-order valence-corrected chi connectivity index (χ4v) is 9.50. The number of aliphatic carboxylic acids is 1. The zero-order valence-corrected chi connectivity index (χ0v) is 31.8. The number of aromatic nitrogens is 4. The number of fused-ring (bicyclic) bond motifs is 5. The van der Waals surface area contributed by atoms with Crippen molar-refractivity contribution in [1.29, 1.82) is 0 Å². The van der Waals surface area contributed by atoms with Gasteiger partial charge < -0.3 is 25.0 Å². The van der Waals surface area contributed by atoms with Crippen LogP contribution in [0.25, 0.3) is 5.65 Å². The first-order valence-corrected chi connectivity index (χ1v) is 19.1. The molecule has 2 bridgehead atoms. The molecule has 0 aliphatic carbocycles. The van der Waals surface area contributed by atoms with E-state index >= 15 is 0 Å². The summed E-state index contributed by atoms with van der Waals surface area (Å²) < 4.78 is 85.3. The van der Waals surface area contributed by atoms with Crippen LogP contribution >= 0.6 is 0 Å². The highest BCUT2D eigenvalue weighted by atomic mass is 32.2. The third-order valence-electron chi connectivity index (χ3n) is 11.4.